The molecule has 0 aliphatic rings. The molecule has 2 rings (SSSR count). The minimum Gasteiger partial charge on any atom is -0.313 e. The highest BCUT2D eigenvalue weighted by molar-refractivity contribution is 9.10. The van der Waals surface area contributed by atoms with Gasteiger partial charge in [-0.05, 0) is 37.9 Å². The van der Waals surface area contributed by atoms with Crippen molar-refractivity contribution < 1.29 is 0 Å². The second kappa shape index (κ2) is 7.91. The lowest BCUT2D eigenvalue weighted by atomic mass is 10.0. The summed E-state index contributed by atoms with van der Waals surface area (Å²) >= 11 is 5.37. The molecule has 0 aliphatic carbocycles. The minimum atomic E-state index is 0.440. The van der Waals surface area contributed by atoms with Crippen molar-refractivity contribution in [2.45, 2.75) is 39.2 Å². The van der Waals surface area contributed by atoms with Gasteiger partial charge in [0.1, 0.15) is 0 Å². The highest BCUT2D eigenvalue weighted by Crippen LogP contribution is 2.19. The van der Waals surface area contributed by atoms with Crippen molar-refractivity contribution in [1.82, 2.24) is 10.3 Å². The van der Waals surface area contributed by atoms with Gasteiger partial charge in [-0.1, -0.05) is 41.1 Å². The Morgan fingerprint density at radius 2 is 2.10 bits per heavy atom. The largest absolute Gasteiger partial charge is 0.313 e. The van der Waals surface area contributed by atoms with Crippen LogP contribution in [0.3, 0.4) is 0 Å². The number of benzene rings is 1. The van der Waals surface area contributed by atoms with Crippen molar-refractivity contribution in [2.24, 2.45) is 0 Å². The monoisotopic (exact) mass is 352 g/mol. The zero-order valence-electron chi connectivity index (χ0n) is 12.0. The number of halogens is 1. The quantitative estimate of drug-likeness (QED) is 0.800. The standard InChI is InChI=1S/C16H21BrN2S/c1-3-8-18-14(10-15-11-20-12(2)19-15)9-13-6-4-5-7-16(13)17/h4-7,11,14,18H,3,8-10H2,1-2H3. The van der Waals surface area contributed by atoms with Crippen LogP contribution in [0.2, 0.25) is 0 Å². The Hall–Kier alpha value is -0.710. The van der Waals surface area contributed by atoms with Crippen LogP contribution in [0, 0.1) is 6.92 Å². The lowest BCUT2D eigenvalue weighted by molar-refractivity contribution is 0.500. The van der Waals surface area contributed by atoms with E-state index in [1.165, 1.54) is 15.7 Å². The summed E-state index contributed by atoms with van der Waals surface area (Å²) in [6.45, 7) is 5.32. The third-order valence-electron chi connectivity index (χ3n) is 3.23. The molecule has 0 radical (unpaired) electrons. The number of rotatable bonds is 7. The van der Waals surface area contributed by atoms with Crippen LogP contribution in [-0.2, 0) is 12.8 Å². The van der Waals surface area contributed by atoms with Crippen LogP contribution >= 0.6 is 27.3 Å². The van der Waals surface area contributed by atoms with Crippen molar-refractivity contribution in [1.29, 1.82) is 0 Å². The molecule has 0 aliphatic heterocycles. The molecule has 1 aromatic heterocycles. The molecule has 2 nitrogen and oxygen atoms in total. The molecule has 108 valence electrons. The summed E-state index contributed by atoms with van der Waals surface area (Å²) in [5, 5.41) is 6.97. The van der Waals surface area contributed by atoms with E-state index in [0.29, 0.717) is 6.04 Å². The Bertz CT molecular complexity index is 539. The SMILES string of the molecule is CCCNC(Cc1csc(C)n1)Cc1ccccc1Br. The maximum absolute atomic E-state index is 4.59. The second-order valence-electron chi connectivity index (χ2n) is 5.01. The van der Waals surface area contributed by atoms with Crippen molar-refractivity contribution in [3.05, 3.63) is 50.4 Å². The molecular formula is C16H21BrN2S. The van der Waals surface area contributed by atoms with Gasteiger partial charge in [0.15, 0.2) is 0 Å². The molecule has 0 saturated carbocycles. The zero-order chi connectivity index (χ0) is 14.4. The number of hydrogen-bond donors (Lipinski definition) is 1. The van der Waals surface area contributed by atoms with E-state index in [9.17, 15) is 0 Å². The van der Waals surface area contributed by atoms with E-state index in [4.69, 9.17) is 0 Å². The summed E-state index contributed by atoms with van der Waals surface area (Å²) < 4.78 is 1.19. The molecule has 0 saturated heterocycles. The fourth-order valence-electron chi connectivity index (χ4n) is 2.25. The van der Waals surface area contributed by atoms with Crippen LogP contribution in [0.1, 0.15) is 29.6 Å². The van der Waals surface area contributed by atoms with E-state index >= 15 is 0 Å². The summed E-state index contributed by atoms with van der Waals surface area (Å²) in [6.07, 6.45) is 3.17. The molecule has 1 N–H and O–H groups in total. The molecule has 1 aromatic carbocycles. The predicted molar refractivity (Wildman–Crippen MR) is 90.5 cm³/mol. The molecule has 4 heteroatoms. The van der Waals surface area contributed by atoms with Gasteiger partial charge in [0, 0.05) is 22.3 Å². The first kappa shape index (κ1) is 15.7. The van der Waals surface area contributed by atoms with Gasteiger partial charge in [-0.3, -0.25) is 0 Å². The Labute approximate surface area is 133 Å². The normalized spacial score (nSPS) is 12.6. The van der Waals surface area contributed by atoms with Gasteiger partial charge >= 0.3 is 0 Å². The summed E-state index contributed by atoms with van der Waals surface area (Å²) in [4.78, 5) is 4.59. The van der Waals surface area contributed by atoms with Gasteiger partial charge in [0.2, 0.25) is 0 Å². The predicted octanol–water partition coefficient (Wildman–Crippen LogP) is 4.37. The highest BCUT2D eigenvalue weighted by Gasteiger charge is 2.13. The van der Waals surface area contributed by atoms with E-state index in [1.807, 2.05) is 0 Å². The zero-order valence-corrected chi connectivity index (χ0v) is 14.4. The van der Waals surface area contributed by atoms with Crippen molar-refractivity contribution in [2.75, 3.05) is 6.54 Å². The van der Waals surface area contributed by atoms with E-state index in [1.54, 1.807) is 11.3 Å². The number of thiazole rings is 1. The summed E-state index contributed by atoms with van der Waals surface area (Å²) in [6, 6.07) is 8.90. The van der Waals surface area contributed by atoms with Gasteiger partial charge < -0.3 is 5.32 Å². The van der Waals surface area contributed by atoms with Gasteiger partial charge in [-0.15, -0.1) is 11.3 Å². The third kappa shape index (κ3) is 4.69. The Morgan fingerprint density at radius 1 is 1.30 bits per heavy atom. The van der Waals surface area contributed by atoms with Crippen molar-refractivity contribution >= 4 is 27.3 Å². The molecule has 1 heterocycles. The van der Waals surface area contributed by atoms with Crippen LogP contribution in [-0.4, -0.2) is 17.6 Å². The van der Waals surface area contributed by atoms with Crippen LogP contribution < -0.4 is 5.32 Å². The highest BCUT2D eigenvalue weighted by atomic mass is 79.9. The lowest BCUT2D eigenvalue weighted by Gasteiger charge is -2.18. The maximum atomic E-state index is 4.59. The van der Waals surface area contributed by atoms with E-state index in [0.717, 1.165) is 30.8 Å². The Morgan fingerprint density at radius 3 is 2.75 bits per heavy atom. The minimum absolute atomic E-state index is 0.440. The molecule has 2 aromatic rings. The molecule has 0 fully saturated rings. The van der Waals surface area contributed by atoms with Crippen molar-refractivity contribution in [3.63, 3.8) is 0 Å². The van der Waals surface area contributed by atoms with Crippen LogP contribution in [0.25, 0.3) is 0 Å². The molecule has 0 bridgehead atoms. The van der Waals surface area contributed by atoms with Crippen LogP contribution in [0.5, 0.6) is 0 Å². The van der Waals surface area contributed by atoms with Crippen LogP contribution in [0.4, 0.5) is 0 Å². The molecular weight excluding hydrogens is 332 g/mol. The average molecular weight is 353 g/mol. The number of nitrogens with one attached hydrogen (secondary N) is 1. The smallest absolute Gasteiger partial charge is 0.0897 e. The van der Waals surface area contributed by atoms with Crippen molar-refractivity contribution in [3.8, 4) is 0 Å². The first-order valence-corrected chi connectivity index (χ1v) is 8.74. The maximum Gasteiger partial charge on any atom is 0.0897 e. The van der Waals surface area contributed by atoms with E-state index in [-0.39, 0.29) is 0 Å². The second-order valence-corrected chi connectivity index (χ2v) is 6.93. The first-order chi connectivity index (χ1) is 9.69. The topological polar surface area (TPSA) is 24.9 Å². The van der Waals surface area contributed by atoms with Gasteiger partial charge in [-0.2, -0.15) is 0 Å². The third-order valence-corrected chi connectivity index (χ3v) is 4.83. The van der Waals surface area contributed by atoms with Gasteiger partial charge in [-0.25, -0.2) is 4.98 Å². The first-order valence-electron chi connectivity index (χ1n) is 7.06. The fraction of sp³-hybridized carbons (Fsp3) is 0.438. The molecule has 1 unspecified atom stereocenters. The number of nitrogens with zero attached hydrogens (tertiary/aromatic N) is 1. The summed E-state index contributed by atoms with van der Waals surface area (Å²) in [5.41, 5.74) is 2.56. The lowest BCUT2D eigenvalue weighted by Crippen LogP contribution is -2.34. The number of aromatic nitrogens is 1. The van der Waals surface area contributed by atoms with Gasteiger partial charge in [0.05, 0.1) is 10.7 Å². The summed E-state index contributed by atoms with van der Waals surface area (Å²) in [7, 11) is 0. The Balaban J connectivity index is 2.05. The van der Waals surface area contributed by atoms with E-state index in [2.05, 4.69) is 69.7 Å². The Kier molecular flexibility index (Phi) is 6.20. The fourth-order valence-corrected chi connectivity index (χ4v) is 3.32. The molecule has 20 heavy (non-hydrogen) atoms. The molecule has 0 spiro atoms. The number of hydrogen-bond acceptors (Lipinski definition) is 3. The average Bonchev–Trinajstić information content (AvgIpc) is 2.84. The van der Waals surface area contributed by atoms with Gasteiger partial charge in [0.25, 0.3) is 0 Å². The van der Waals surface area contributed by atoms with E-state index < -0.39 is 0 Å². The molecule has 0 amide bonds. The summed E-state index contributed by atoms with van der Waals surface area (Å²) in [5.74, 6) is 0. The van der Waals surface area contributed by atoms with Crippen LogP contribution in [0.15, 0.2) is 34.1 Å². The number of aryl methyl sites for hydroxylation is 1. The molecule has 1 atom stereocenters.